The Morgan fingerprint density at radius 3 is 2.45 bits per heavy atom. The molecule has 5 heteroatoms. The number of hydrogen-bond acceptors (Lipinski definition) is 2. The Morgan fingerprint density at radius 1 is 1.17 bits per heavy atom. The molecule has 2 aromatic rings. The van der Waals surface area contributed by atoms with Crippen molar-refractivity contribution in [3.8, 4) is 0 Å². The van der Waals surface area contributed by atoms with Crippen LogP contribution in [0.5, 0.6) is 0 Å². The molecule has 0 unspecified atom stereocenters. The molecule has 0 aromatic heterocycles. The molecule has 2 aliphatic heterocycles. The van der Waals surface area contributed by atoms with Crippen LogP contribution in [0.4, 0.5) is 14.5 Å². The molecule has 2 heterocycles. The summed E-state index contributed by atoms with van der Waals surface area (Å²) in [4.78, 5) is 17.3. The molecule has 2 aromatic carbocycles. The van der Waals surface area contributed by atoms with Gasteiger partial charge >= 0.3 is 0 Å². The Morgan fingerprint density at radius 2 is 1.83 bits per heavy atom. The molecule has 0 bridgehead atoms. The van der Waals surface area contributed by atoms with Crippen molar-refractivity contribution in [3.63, 3.8) is 0 Å². The van der Waals surface area contributed by atoms with Crippen molar-refractivity contribution in [1.29, 1.82) is 0 Å². The van der Waals surface area contributed by atoms with Gasteiger partial charge < -0.3 is 4.90 Å². The van der Waals surface area contributed by atoms with Crippen molar-refractivity contribution < 1.29 is 13.6 Å². The topological polar surface area (TPSA) is 23.6 Å². The molecule has 1 spiro atoms. The van der Waals surface area contributed by atoms with Crippen molar-refractivity contribution in [2.75, 3.05) is 31.1 Å². The number of carbonyl (C=O) groups excluding carboxylic acids is 1. The van der Waals surface area contributed by atoms with E-state index in [0.29, 0.717) is 6.54 Å². The maximum atomic E-state index is 14.4. The number of likely N-dealkylation sites (tertiary alicyclic amines) is 1. The van der Waals surface area contributed by atoms with E-state index >= 15 is 0 Å². The highest BCUT2D eigenvalue weighted by molar-refractivity contribution is 6.08. The second kappa shape index (κ2) is 7.38. The number of piperidine rings is 1. The van der Waals surface area contributed by atoms with Gasteiger partial charge in [-0.15, -0.1) is 6.58 Å². The number of hydrogen-bond donors (Lipinski definition) is 0. The lowest BCUT2D eigenvalue weighted by atomic mass is 9.73. The van der Waals surface area contributed by atoms with E-state index in [2.05, 4.69) is 24.5 Å². The van der Waals surface area contributed by atoms with Gasteiger partial charge in [-0.25, -0.2) is 8.78 Å². The summed E-state index contributed by atoms with van der Waals surface area (Å²) in [5.74, 6) is -2.23. The average molecular weight is 396 g/mol. The fourth-order valence-corrected chi connectivity index (χ4v) is 4.97. The lowest BCUT2D eigenvalue weighted by Crippen LogP contribution is -2.46. The van der Waals surface area contributed by atoms with Gasteiger partial charge in [0.15, 0.2) is 0 Å². The Balaban J connectivity index is 1.77. The molecule has 2 aliphatic rings. The van der Waals surface area contributed by atoms with Crippen LogP contribution in [0.15, 0.2) is 43.0 Å². The van der Waals surface area contributed by atoms with Crippen LogP contribution in [-0.4, -0.2) is 37.0 Å². The number of benzene rings is 2. The van der Waals surface area contributed by atoms with Crippen molar-refractivity contribution in [1.82, 2.24) is 4.90 Å². The Bertz CT molecular complexity index is 957. The summed E-state index contributed by atoms with van der Waals surface area (Å²) < 4.78 is 28.7. The second-order valence-corrected chi connectivity index (χ2v) is 8.34. The standard InChI is InChI=1S/C24H26F2N2O/c1-4-10-27-11-8-24(9-12-27)15-28(22-17(3)13-16(2)14-18(22)24)23(29)21-19(25)6-5-7-20(21)26/h4-7,13-14H,1,8-12,15H2,2-3H3. The minimum absolute atomic E-state index is 0.179. The Kier molecular flexibility index (Phi) is 5.03. The van der Waals surface area contributed by atoms with Crippen LogP contribution < -0.4 is 4.90 Å². The van der Waals surface area contributed by atoms with Gasteiger partial charge in [-0.3, -0.25) is 9.69 Å². The summed E-state index contributed by atoms with van der Waals surface area (Å²) in [6.07, 6.45) is 3.71. The number of halogens is 2. The van der Waals surface area contributed by atoms with Crippen LogP contribution >= 0.6 is 0 Å². The van der Waals surface area contributed by atoms with Crippen LogP contribution in [0, 0.1) is 25.5 Å². The number of fused-ring (bicyclic) bond motifs is 2. The van der Waals surface area contributed by atoms with E-state index < -0.39 is 23.1 Å². The zero-order valence-electron chi connectivity index (χ0n) is 17.0. The van der Waals surface area contributed by atoms with E-state index in [1.165, 1.54) is 6.07 Å². The van der Waals surface area contributed by atoms with E-state index in [4.69, 9.17) is 0 Å². The highest BCUT2D eigenvalue weighted by Gasteiger charge is 2.47. The van der Waals surface area contributed by atoms with E-state index in [0.717, 1.165) is 67.0 Å². The molecule has 4 rings (SSSR count). The first-order valence-electron chi connectivity index (χ1n) is 10.1. The molecule has 0 radical (unpaired) electrons. The molecule has 0 N–H and O–H groups in total. The van der Waals surface area contributed by atoms with Crippen LogP contribution in [0.1, 0.15) is 39.9 Å². The highest BCUT2D eigenvalue weighted by Crippen LogP contribution is 2.49. The number of rotatable bonds is 3. The summed E-state index contributed by atoms with van der Waals surface area (Å²) in [6, 6.07) is 7.74. The number of aryl methyl sites for hydroxylation is 2. The number of anilines is 1. The number of amides is 1. The highest BCUT2D eigenvalue weighted by atomic mass is 19.1. The fraction of sp³-hybridized carbons (Fsp3) is 0.375. The predicted molar refractivity (Wildman–Crippen MR) is 111 cm³/mol. The molecule has 0 atom stereocenters. The zero-order chi connectivity index (χ0) is 20.8. The molecule has 1 saturated heterocycles. The van der Waals surface area contributed by atoms with Crippen molar-refractivity contribution in [2.45, 2.75) is 32.1 Å². The van der Waals surface area contributed by atoms with Crippen LogP contribution in [0.2, 0.25) is 0 Å². The molecule has 152 valence electrons. The first-order valence-corrected chi connectivity index (χ1v) is 10.1. The van der Waals surface area contributed by atoms with Crippen molar-refractivity contribution in [3.05, 3.63) is 76.9 Å². The van der Waals surface area contributed by atoms with E-state index in [1.54, 1.807) is 4.90 Å². The van der Waals surface area contributed by atoms with E-state index in [-0.39, 0.29) is 5.41 Å². The average Bonchev–Trinajstić information content (AvgIpc) is 2.98. The van der Waals surface area contributed by atoms with E-state index in [1.807, 2.05) is 19.1 Å². The van der Waals surface area contributed by atoms with Crippen molar-refractivity contribution >= 4 is 11.6 Å². The summed E-state index contributed by atoms with van der Waals surface area (Å²) in [7, 11) is 0. The molecule has 0 aliphatic carbocycles. The first kappa shape index (κ1) is 19.8. The Labute approximate surface area is 170 Å². The van der Waals surface area contributed by atoms with Crippen LogP contribution in [0.3, 0.4) is 0 Å². The minimum atomic E-state index is -0.817. The molecule has 3 nitrogen and oxygen atoms in total. The predicted octanol–water partition coefficient (Wildman–Crippen LogP) is 4.76. The maximum Gasteiger partial charge on any atom is 0.264 e. The SMILES string of the molecule is C=CCN1CCC2(CC1)CN(C(=O)c1c(F)cccc1F)c1c(C)cc(C)cc12. The molecule has 1 amide bonds. The van der Waals surface area contributed by atoms with E-state index in [9.17, 15) is 13.6 Å². The van der Waals surface area contributed by atoms with Gasteiger partial charge in [0.05, 0.1) is 5.69 Å². The lowest BCUT2D eigenvalue weighted by molar-refractivity contribution is 0.0969. The normalized spacial score (nSPS) is 18.1. The molecular weight excluding hydrogens is 370 g/mol. The van der Waals surface area contributed by atoms with Gasteiger partial charge in [-0.2, -0.15) is 0 Å². The summed E-state index contributed by atoms with van der Waals surface area (Å²) in [5.41, 5.74) is 3.41. The minimum Gasteiger partial charge on any atom is -0.307 e. The van der Waals surface area contributed by atoms with Gasteiger partial charge in [0.1, 0.15) is 17.2 Å². The van der Waals surface area contributed by atoms with Gasteiger partial charge in [0.2, 0.25) is 0 Å². The van der Waals surface area contributed by atoms with Gasteiger partial charge in [-0.05, 0) is 63.0 Å². The molecule has 0 saturated carbocycles. The third-order valence-electron chi connectivity index (χ3n) is 6.37. The fourth-order valence-electron chi connectivity index (χ4n) is 4.97. The maximum absolute atomic E-state index is 14.4. The van der Waals surface area contributed by atoms with Gasteiger partial charge in [0, 0.05) is 18.5 Å². The number of nitrogens with zero attached hydrogens (tertiary/aromatic N) is 2. The van der Waals surface area contributed by atoms with Crippen LogP contribution in [0.25, 0.3) is 0 Å². The quantitative estimate of drug-likeness (QED) is 0.699. The number of carbonyl (C=O) groups is 1. The molecular formula is C24H26F2N2O. The summed E-state index contributed by atoms with van der Waals surface area (Å²) in [6.45, 7) is 11.0. The largest absolute Gasteiger partial charge is 0.307 e. The van der Waals surface area contributed by atoms with Gasteiger partial charge in [0.25, 0.3) is 5.91 Å². The Hall–Kier alpha value is -2.53. The smallest absolute Gasteiger partial charge is 0.264 e. The lowest BCUT2D eigenvalue weighted by Gasteiger charge is -2.39. The molecule has 1 fully saturated rings. The van der Waals surface area contributed by atoms with Crippen molar-refractivity contribution in [2.24, 2.45) is 0 Å². The van der Waals surface area contributed by atoms with Gasteiger partial charge in [-0.1, -0.05) is 29.8 Å². The summed E-state index contributed by atoms with van der Waals surface area (Å²) >= 11 is 0. The molecule has 29 heavy (non-hydrogen) atoms. The van der Waals surface area contributed by atoms with Crippen LogP contribution in [-0.2, 0) is 5.41 Å². The third-order valence-corrected chi connectivity index (χ3v) is 6.37. The third kappa shape index (κ3) is 3.27. The zero-order valence-corrected chi connectivity index (χ0v) is 17.0. The second-order valence-electron chi connectivity index (χ2n) is 8.34. The summed E-state index contributed by atoms with van der Waals surface area (Å²) in [5, 5.41) is 0. The monoisotopic (exact) mass is 396 g/mol. The first-order chi connectivity index (χ1) is 13.9.